The van der Waals surface area contributed by atoms with Crippen LogP contribution in [0.1, 0.15) is 18.2 Å². The van der Waals surface area contributed by atoms with Gasteiger partial charge in [-0.2, -0.15) is 0 Å². The van der Waals surface area contributed by atoms with Crippen LogP contribution in [0.25, 0.3) is 11.0 Å². The molecule has 166 valence electrons. The van der Waals surface area contributed by atoms with Gasteiger partial charge in [-0.25, -0.2) is 4.98 Å². The van der Waals surface area contributed by atoms with E-state index in [0.717, 1.165) is 22.5 Å². The van der Waals surface area contributed by atoms with E-state index in [1.807, 2.05) is 58.0 Å². The number of fused-ring (bicyclic) bond motifs is 1. The minimum absolute atomic E-state index is 0.0429. The Morgan fingerprint density at radius 1 is 1.16 bits per heavy atom. The van der Waals surface area contributed by atoms with Gasteiger partial charge in [0.1, 0.15) is 18.1 Å². The van der Waals surface area contributed by atoms with Crippen LogP contribution in [0.3, 0.4) is 0 Å². The van der Waals surface area contributed by atoms with Crippen molar-refractivity contribution in [3.05, 3.63) is 54.4 Å². The number of benzene rings is 2. The van der Waals surface area contributed by atoms with Crippen LogP contribution in [0.15, 0.2) is 48.5 Å². The Morgan fingerprint density at radius 2 is 1.97 bits per heavy atom. The van der Waals surface area contributed by atoms with Crippen molar-refractivity contribution in [2.45, 2.75) is 18.9 Å². The van der Waals surface area contributed by atoms with Crippen LogP contribution in [0.4, 0.5) is 5.69 Å². The van der Waals surface area contributed by atoms with Crippen LogP contribution in [-0.4, -0.2) is 66.2 Å². The number of morpholine rings is 1. The van der Waals surface area contributed by atoms with Gasteiger partial charge in [0.25, 0.3) is 0 Å². The molecule has 2 saturated heterocycles. The summed E-state index contributed by atoms with van der Waals surface area (Å²) in [6.07, 6.45) is 0.353. The fourth-order valence-corrected chi connectivity index (χ4v) is 4.53. The number of carbonyl (C=O) groups is 2. The summed E-state index contributed by atoms with van der Waals surface area (Å²) in [5.41, 5.74) is 2.56. The van der Waals surface area contributed by atoms with Crippen molar-refractivity contribution < 1.29 is 19.1 Å². The Hall–Kier alpha value is -3.39. The second kappa shape index (κ2) is 8.63. The third-order valence-corrected chi connectivity index (χ3v) is 6.20. The Kier molecular flexibility index (Phi) is 5.53. The van der Waals surface area contributed by atoms with Gasteiger partial charge >= 0.3 is 0 Å². The summed E-state index contributed by atoms with van der Waals surface area (Å²) in [5.74, 6) is 1.49. The molecule has 8 heteroatoms. The summed E-state index contributed by atoms with van der Waals surface area (Å²) in [7, 11) is 1.61. The van der Waals surface area contributed by atoms with Crippen molar-refractivity contribution in [2.24, 2.45) is 0 Å². The van der Waals surface area contributed by atoms with Gasteiger partial charge in [-0.1, -0.05) is 18.2 Å². The van der Waals surface area contributed by atoms with Crippen molar-refractivity contribution >= 4 is 28.5 Å². The standard InChI is InChI=1S/C24H26N4O4/c1-31-19-6-4-5-18(14-19)27-15-17(13-22(27)29)24-25-20-7-2-3-8-21(20)28(24)16-23(30)26-9-11-32-12-10-26/h2-8,14,17H,9-13,15-16H2,1H3/t17-/m0/s1. The van der Waals surface area contributed by atoms with Gasteiger partial charge in [0.15, 0.2) is 0 Å². The molecule has 2 aliphatic heterocycles. The molecule has 2 fully saturated rings. The zero-order chi connectivity index (χ0) is 22.1. The first-order valence-electron chi connectivity index (χ1n) is 10.9. The highest BCUT2D eigenvalue weighted by Gasteiger charge is 2.35. The van der Waals surface area contributed by atoms with Crippen LogP contribution < -0.4 is 9.64 Å². The lowest BCUT2D eigenvalue weighted by Gasteiger charge is -2.27. The lowest BCUT2D eigenvalue weighted by molar-refractivity contribution is -0.135. The quantitative estimate of drug-likeness (QED) is 0.617. The van der Waals surface area contributed by atoms with Crippen LogP contribution in [0.5, 0.6) is 5.75 Å². The monoisotopic (exact) mass is 434 g/mol. The highest BCUT2D eigenvalue weighted by atomic mass is 16.5. The molecule has 0 radical (unpaired) electrons. The molecule has 3 aromatic rings. The largest absolute Gasteiger partial charge is 0.497 e. The van der Waals surface area contributed by atoms with Gasteiger partial charge < -0.3 is 23.8 Å². The number of ether oxygens (including phenoxy) is 2. The first-order valence-corrected chi connectivity index (χ1v) is 10.9. The lowest BCUT2D eigenvalue weighted by atomic mass is 10.1. The van der Waals surface area contributed by atoms with Gasteiger partial charge in [0, 0.05) is 43.7 Å². The molecule has 0 unspecified atom stereocenters. The maximum absolute atomic E-state index is 13.0. The number of para-hydroxylation sites is 2. The third kappa shape index (κ3) is 3.82. The molecule has 2 aromatic carbocycles. The zero-order valence-electron chi connectivity index (χ0n) is 18.1. The Bertz CT molecular complexity index is 1150. The average molecular weight is 434 g/mol. The van der Waals surface area contributed by atoms with E-state index in [0.29, 0.717) is 45.0 Å². The normalized spacial score (nSPS) is 19.0. The number of aromatic nitrogens is 2. The smallest absolute Gasteiger partial charge is 0.242 e. The second-order valence-electron chi connectivity index (χ2n) is 8.14. The highest BCUT2D eigenvalue weighted by molar-refractivity contribution is 5.96. The van der Waals surface area contributed by atoms with Gasteiger partial charge in [-0.3, -0.25) is 9.59 Å². The summed E-state index contributed by atoms with van der Waals surface area (Å²) in [5, 5.41) is 0. The molecule has 32 heavy (non-hydrogen) atoms. The molecule has 0 bridgehead atoms. The maximum atomic E-state index is 13.0. The number of imidazole rings is 1. The molecule has 0 aliphatic carbocycles. The molecule has 2 aliphatic rings. The topological polar surface area (TPSA) is 76.9 Å². The molecule has 0 saturated carbocycles. The summed E-state index contributed by atoms with van der Waals surface area (Å²) in [4.78, 5) is 34.4. The van der Waals surface area contributed by atoms with E-state index in [1.165, 1.54) is 0 Å². The molecule has 0 spiro atoms. The fraction of sp³-hybridized carbons (Fsp3) is 0.375. The number of hydrogen-bond donors (Lipinski definition) is 0. The van der Waals surface area contributed by atoms with E-state index in [2.05, 4.69) is 0 Å². The number of carbonyl (C=O) groups excluding carboxylic acids is 2. The fourth-order valence-electron chi connectivity index (χ4n) is 4.53. The van der Waals surface area contributed by atoms with Crippen molar-refractivity contribution in [1.29, 1.82) is 0 Å². The van der Waals surface area contributed by atoms with E-state index in [1.54, 1.807) is 12.0 Å². The van der Waals surface area contributed by atoms with Gasteiger partial charge in [0.05, 0.1) is 31.4 Å². The van der Waals surface area contributed by atoms with E-state index in [9.17, 15) is 9.59 Å². The van der Waals surface area contributed by atoms with Crippen molar-refractivity contribution in [3.8, 4) is 5.75 Å². The molecule has 0 N–H and O–H groups in total. The SMILES string of the molecule is COc1cccc(N2C[C@@H](c3nc4ccccc4n3CC(=O)N3CCOCC3)CC2=O)c1. The zero-order valence-corrected chi connectivity index (χ0v) is 18.1. The molecule has 2 amide bonds. The maximum Gasteiger partial charge on any atom is 0.242 e. The highest BCUT2D eigenvalue weighted by Crippen LogP contribution is 2.34. The second-order valence-corrected chi connectivity index (χ2v) is 8.14. The minimum Gasteiger partial charge on any atom is -0.497 e. The molecule has 8 nitrogen and oxygen atoms in total. The average Bonchev–Trinajstić information content (AvgIpc) is 3.40. The third-order valence-electron chi connectivity index (χ3n) is 6.20. The van der Waals surface area contributed by atoms with Crippen molar-refractivity contribution in [1.82, 2.24) is 14.5 Å². The van der Waals surface area contributed by atoms with Crippen molar-refractivity contribution in [3.63, 3.8) is 0 Å². The number of anilines is 1. The summed E-state index contributed by atoms with van der Waals surface area (Å²) < 4.78 is 12.7. The van der Waals surface area contributed by atoms with Crippen LogP contribution in [0.2, 0.25) is 0 Å². The van der Waals surface area contributed by atoms with Crippen LogP contribution in [0, 0.1) is 0 Å². The van der Waals surface area contributed by atoms with E-state index in [4.69, 9.17) is 14.5 Å². The number of methoxy groups -OCH3 is 1. The van der Waals surface area contributed by atoms with Crippen molar-refractivity contribution in [2.75, 3.05) is 44.9 Å². The predicted octanol–water partition coefficient (Wildman–Crippen LogP) is 2.42. The number of amides is 2. The predicted molar refractivity (Wildman–Crippen MR) is 120 cm³/mol. The molecule has 1 atom stereocenters. The molecular formula is C24H26N4O4. The van der Waals surface area contributed by atoms with E-state index in [-0.39, 0.29) is 24.3 Å². The Morgan fingerprint density at radius 3 is 2.78 bits per heavy atom. The first kappa shape index (κ1) is 20.5. The van der Waals surface area contributed by atoms with Crippen LogP contribution in [-0.2, 0) is 20.9 Å². The summed E-state index contributed by atoms with van der Waals surface area (Å²) >= 11 is 0. The number of rotatable bonds is 5. The lowest BCUT2D eigenvalue weighted by Crippen LogP contribution is -2.42. The summed E-state index contributed by atoms with van der Waals surface area (Å²) in [6.45, 7) is 3.06. The van der Waals surface area contributed by atoms with E-state index >= 15 is 0 Å². The van der Waals surface area contributed by atoms with Crippen LogP contribution >= 0.6 is 0 Å². The van der Waals surface area contributed by atoms with Gasteiger partial charge in [-0.15, -0.1) is 0 Å². The molecule has 3 heterocycles. The van der Waals surface area contributed by atoms with E-state index < -0.39 is 0 Å². The molecule has 1 aromatic heterocycles. The van der Waals surface area contributed by atoms with Gasteiger partial charge in [-0.05, 0) is 24.3 Å². The minimum atomic E-state index is -0.0985. The Balaban J connectivity index is 1.45. The molecule has 5 rings (SSSR count). The Labute approximate surface area is 186 Å². The molecular weight excluding hydrogens is 408 g/mol. The number of nitrogens with zero attached hydrogens (tertiary/aromatic N) is 4. The number of hydrogen-bond acceptors (Lipinski definition) is 5. The van der Waals surface area contributed by atoms with Gasteiger partial charge in [0.2, 0.25) is 11.8 Å². The summed E-state index contributed by atoms with van der Waals surface area (Å²) in [6, 6.07) is 15.3. The first-order chi connectivity index (χ1) is 15.6.